The Hall–Kier alpha value is -2.25. The van der Waals surface area contributed by atoms with Gasteiger partial charge in [-0.3, -0.25) is 9.78 Å². The zero-order valence-corrected chi connectivity index (χ0v) is 14.7. The molecule has 1 spiro atoms. The second-order valence-corrected chi connectivity index (χ2v) is 6.94. The van der Waals surface area contributed by atoms with Gasteiger partial charge in [0.2, 0.25) is 5.76 Å². The summed E-state index contributed by atoms with van der Waals surface area (Å²) < 4.78 is 17.2. The topological polar surface area (TPSA) is 77.7 Å². The standard InChI is InChI=1S/C19H23N3O4/c23-18(17-6-9-21-26-17)22-10-11-25-19(14-22)7-3-4-15(19)12-24-13-16-5-1-2-8-20-16/h1-2,5-6,8-9,15H,3-4,7,10-14H2/t15-,19-/m1/s1. The molecule has 1 aliphatic carbocycles. The molecule has 2 fully saturated rings. The minimum Gasteiger partial charge on any atom is -0.375 e. The van der Waals surface area contributed by atoms with Crippen LogP contribution in [0.2, 0.25) is 0 Å². The third-order valence-corrected chi connectivity index (χ3v) is 5.34. The molecule has 2 aromatic rings. The molecular formula is C19H23N3O4. The molecule has 26 heavy (non-hydrogen) atoms. The van der Waals surface area contributed by atoms with Gasteiger partial charge in [-0.05, 0) is 25.0 Å². The van der Waals surface area contributed by atoms with Gasteiger partial charge in [0.1, 0.15) is 0 Å². The number of carbonyl (C=O) groups is 1. The van der Waals surface area contributed by atoms with Crippen LogP contribution in [0.4, 0.5) is 0 Å². The maximum Gasteiger partial charge on any atom is 0.292 e. The van der Waals surface area contributed by atoms with Crippen molar-refractivity contribution in [3.8, 4) is 0 Å². The highest BCUT2D eigenvalue weighted by molar-refractivity contribution is 5.91. The van der Waals surface area contributed by atoms with Gasteiger partial charge in [-0.25, -0.2) is 0 Å². The summed E-state index contributed by atoms with van der Waals surface area (Å²) in [7, 11) is 0. The van der Waals surface area contributed by atoms with Gasteiger partial charge in [0.15, 0.2) is 0 Å². The third-order valence-electron chi connectivity index (χ3n) is 5.34. The Labute approximate surface area is 152 Å². The first-order valence-electron chi connectivity index (χ1n) is 9.08. The zero-order chi connectivity index (χ0) is 17.8. The van der Waals surface area contributed by atoms with Gasteiger partial charge in [0.05, 0.1) is 43.9 Å². The van der Waals surface area contributed by atoms with Crippen molar-refractivity contribution >= 4 is 5.91 Å². The summed E-state index contributed by atoms with van der Waals surface area (Å²) in [6.45, 7) is 2.79. The molecule has 0 bridgehead atoms. The second-order valence-electron chi connectivity index (χ2n) is 6.94. The predicted octanol–water partition coefficient (Wildman–Crippen LogP) is 2.30. The number of hydrogen-bond donors (Lipinski definition) is 0. The largest absolute Gasteiger partial charge is 0.375 e. The first kappa shape index (κ1) is 17.2. The summed E-state index contributed by atoms with van der Waals surface area (Å²) in [5.74, 6) is 0.435. The van der Waals surface area contributed by atoms with Crippen LogP contribution in [-0.4, -0.2) is 52.9 Å². The molecule has 2 atom stereocenters. The third kappa shape index (κ3) is 3.50. The molecule has 2 aliphatic rings. The van der Waals surface area contributed by atoms with Crippen molar-refractivity contribution in [1.82, 2.24) is 15.0 Å². The fourth-order valence-corrected chi connectivity index (χ4v) is 4.00. The Bertz CT molecular complexity index is 722. The number of ether oxygens (including phenoxy) is 2. The van der Waals surface area contributed by atoms with Crippen molar-refractivity contribution in [2.24, 2.45) is 5.92 Å². The molecule has 7 nitrogen and oxygen atoms in total. The second kappa shape index (κ2) is 7.55. The molecule has 0 aromatic carbocycles. The molecule has 0 unspecified atom stereocenters. The molecule has 138 valence electrons. The number of morpholine rings is 1. The lowest BCUT2D eigenvalue weighted by Gasteiger charge is -2.43. The Morgan fingerprint density at radius 2 is 2.31 bits per heavy atom. The van der Waals surface area contributed by atoms with Gasteiger partial charge < -0.3 is 18.9 Å². The highest BCUT2D eigenvalue weighted by atomic mass is 16.5. The van der Waals surface area contributed by atoms with Crippen LogP contribution < -0.4 is 0 Å². The summed E-state index contributed by atoms with van der Waals surface area (Å²) >= 11 is 0. The number of nitrogens with zero attached hydrogens (tertiary/aromatic N) is 3. The fraction of sp³-hybridized carbons (Fsp3) is 0.526. The van der Waals surface area contributed by atoms with E-state index in [1.807, 2.05) is 23.1 Å². The van der Waals surface area contributed by atoms with Gasteiger partial charge in [-0.15, -0.1) is 0 Å². The molecule has 1 saturated heterocycles. The molecule has 1 aliphatic heterocycles. The zero-order valence-electron chi connectivity index (χ0n) is 14.7. The summed E-state index contributed by atoms with van der Waals surface area (Å²) in [5, 5.41) is 3.63. The lowest BCUT2D eigenvalue weighted by molar-refractivity contribution is -0.134. The van der Waals surface area contributed by atoms with E-state index < -0.39 is 0 Å². The van der Waals surface area contributed by atoms with Gasteiger partial charge in [0, 0.05) is 24.7 Å². The van der Waals surface area contributed by atoms with Crippen molar-refractivity contribution in [1.29, 1.82) is 0 Å². The summed E-state index contributed by atoms with van der Waals surface area (Å²) in [6.07, 6.45) is 6.35. The number of hydrogen-bond acceptors (Lipinski definition) is 6. The van der Waals surface area contributed by atoms with Crippen molar-refractivity contribution in [3.63, 3.8) is 0 Å². The van der Waals surface area contributed by atoms with Crippen molar-refractivity contribution < 1.29 is 18.8 Å². The van der Waals surface area contributed by atoms with Gasteiger partial charge >= 0.3 is 0 Å². The molecule has 2 aromatic heterocycles. The normalized spacial score (nSPS) is 25.7. The van der Waals surface area contributed by atoms with E-state index in [4.69, 9.17) is 14.0 Å². The Morgan fingerprint density at radius 1 is 1.35 bits per heavy atom. The Balaban J connectivity index is 1.38. The van der Waals surface area contributed by atoms with E-state index in [9.17, 15) is 4.79 Å². The minimum atomic E-state index is -0.321. The van der Waals surface area contributed by atoms with E-state index in [0.29, 0.717) is 32.9 Å². The average Bonchev–Trinajstić information content (AvgIpc) is 3.33. The molecule has 1 saturated carbocycles. The molecule has 4 rings (SSSR count). The minimum absolute atomic E-state index is 0.120. The van der Waals surface area contributed by atoms with Gasteiger partial charge in [-0.1, -0.05) is 17.6 Å². The lowest BCUT2D eigenvalue weighted by Crippen LogP contribution is -2.56. The van der Waals surface area contributed by atoms with Crippen LogP contribution in [0, 0.1) is 5.92 Å². The number of carbonyl (C=O) groups excluding carboxylic acids is 1. The fourth-order valence-electron chi connectivity index (χ4n) is 4.00. The van der Waals surface area contributed by atoms with Crippen molar-refractivity contribution in [2.75, 3.05) is 26.3 Å². The summed E-state index contributed by atoms with van der Waals surface area (Å²) in [4.78, 5) is 18.7. The maximum atomic E-state index is 12.6. The number of pyridine rings is 1. The van der Waals surface area contributed by atoms with Crippen molar-refractivity contribution in [3.05, 3.63) is 48.1 Å². The highest BCUT2D eigenvalue weighted by Gasteiger charge is 2.48. The quantitative estimate of drug-likeness (QED) is 0.817. The van der Waals surface area contributed by atoms with Crippen LogP contribution in [0.5, 0.6) is 0 Å². The van der Waals surface area contributed by atoms with Crippen LogP contribution in [-0.2, 0) is 16.1 Å². The molecular weight excluding hydrogens is 334 g/mol. The van der Waals surface area contributed by atoms with Crippen LogP contribution >= 0.6 is 0 Å². The summed E-state index contributed by atoms with van der Waals surface area (Å²) in [5.41, 5.74) is 0.601. The van der Waals surface area contributed by atoms with E-state index in [2.05, 4.69) is 10.1 Å². The Morgan fingerprint density at radius 3 is 3.12 bits per heavy atom. The van der Waals surface area contributed by atoms with E-state index in [1.54, 1.807) is 12.3 Å². The smallest absolute Gasteiger partial charge is 0.292 e. The number of aromatic nitrogens is 2. The van der Waals surface area contributed by atoms with E-state index in [0.717, 1.165) is 25.0 Å². The Kier molecular flexibility index (Phi) is 4.99. The first-order valence-corrected chi connectivity index (χ1v) is 9.08. The van der Waals surface area contributed by atoms with E-state index in [-0.39, 0.29) is 23.2 Å². The molecule has 1 amide bonds. The maximum absolute atomic E-state index is 12.6. The first-order chi connectivity index (χ1) is 12.8. The molecule has 7 heteroatoms. The van der Waals surface area contributed by atoms with Gasteiger partial charge in [0.25, 0.3) is 5.91 Å². The number of rotatable bonds is 5. The average molecular weight is 357 g/mol. The van der Waals surface area contributed by atoms with Gasteiger partial charge in [-0.2, -0.15) is 0 Å². The van der Waals surface area contributed by atoms with Crippen LogP contribution in [0.15, 0.2) is 41.2 Å². The molecule has 0 radical (unpaired) electrons. The number of amides is 1. The molecule has 3 heterocycles. The van der Waals surface area contributed by atoms with Crippen molar-refractivity contribution in [2.45, 2.75) is 31.5 Å². The predicted molar refractivity (Wildman–Crippen MR) is 92.3 cm³/mol. The van der Waals surface area contributed by atoms with Crippen LogP contribution in [0.3, 0.4) is 0 Å². The van der Waals surface area contributed by atoms with Crippen LogP contribution in [0.1, 0.15) is 35.5 Å². The monoisotopic (exact) mass is 357 g/mol. The van der Waals surface area contributed by atoms with Crippen LogP contribution in [0.25, 0.3) is 0 Å². The SMILES string of the molecule is O=C(c1ccno1)N1CCO[C@]2(CCC[C@@H]2COCc2ccccn2)C1. The van der Waals surface area contributed by atoms with E-state index in [1.165, 1.54) is 6.20 Å². The summed E-state index contributed by atoms with van der Waals surface area (Å²) in [6, 6.07) is 7.41. The lowest BCUT2D eigenvalue weighted by atomic mass is 9.89. The highest BCUT2D eigenvalue weighted by Crippen LogP contribution is 2.41. The van der Waals surface area contributed by atoms with E-state index >= 15 is 0 Å². The molecule has 0 N–H and O–H groups in total.